The molecule has 0 saturated carbocycles. The molecule has 1 aromatic rings. The first-order valence-electron chi connectivity index (χ1n) is 7.46. The third-order valence-corrected chi connectivity index (χ3v) is 2.93. The Kier molecular flexibility index (Phi) is 7.92. The van der Waals surface area contributed by atoms with Crippen molar-refractivity contribution in [3.8, 4) is 0 Å². The lowest BCUT2D eigenvalue weighted by molar-refractivity contribution is -0.140. The Balaban J connectivity index is 2.90. The molecule has 0 amide bonds. The van der Waals surface area contributed by atoms with Crippen LogP contribution < -0.4 is 0 Å². The normalized spacial score (nSPS) is 12.6. The number of rotatable bonds is 7. The number of benzene rings is 1. The van der Waals surface area contributed by atoms with E-state index in [0.29, 0.717) is 0 Å². The van der Waals surface area contributed by atoms with Crippen LogP contribution in [0, 0.1) is 0 Å². The molecule has 7 nitrogen and oxygen atoms in total. The highest BCUT2D eigenvalue weighted by Crippen LogP contribution is 2.08. The zero-order valence-electron chi connectivity index (χ0n) is 14.7. The van der Waals surface area contributed by atoms with Gasteiger partial charge in [-0.15, -0.1) is 0 Å². The van der Waals surface area contributed by atoms with Crippen molar-refractivity contribution in [2.24, 2.45) is 4.99 Å². The van der Waals surface area contributed by atoms with Crippen molar-refractivity contribution < 1.29 is 24.2 Å². The lowest BCUT2D eigenvalue weighted by Crippen LogP contribution is -2.13. The summed E-state index contributed by atoms with van der Waals surface area (Å²) >= 11 is 0. The van der Waals surface area contributed by atoms with Gasteiger partial charge in [0.15, 0.2) is 5.70 Å². The minimum Gasteiger partial charge on any atom is -0.512 e. The number of aliphatic hydroxyl groups excluding tert-OH is 1. The van der Waals surface area contributed by atoms with Crippen molar-refractivity contribution in [2.45, 2.75) is 13.5 Å². The summed E-state index contributed by atoms with van der Waals surface area (Å²) in [6.45, 7) is 1.39. The fourth-order valence-electron chi connectivity index (χ4n) is 1.72. The van der Waals surface area contributed by atoms with Crippen LogP contribution in [0.15, 0.2) is 58.6 Å². The third kappa shape index (κ3) is 6.90. The van der Waals surface area contributed by atoms with Gasteiger partial charge in [-0.1, -0.05) is 30.3 Å². The van der Waals surface area contributed by atoms with E-state index in [1.54, 1.807) is 19.0 Å². The van der Waals surface area contributed by atoms with E-state index in [4.69, 9.17) is 4.74 Å². The van der Waals surface area contributed by atoms with E-state index in [0.717, 1.165) is 11.8 Å². The Labute approximate surface area is 146 Å². The smallest absolute Gasteiger partial charge is 0.358 e. The minimum atomic E-state index is -0.748. The van der Waals surface area contributed by atoms with Crippen molar-refractivity contribution in [2.75, 3.05) is 21.2 Å². The Hall–Kier alpha value is -3.09. The summed E-state index contributed by atoms with van der Waals surface area (Å²) in [5.74, 6) is -1.69. The predicted molar refractivity (Wildman–Crippen MR) is 93.8 cm³/mol. The molecule has 0 aliphatic rings. The van der Waals surface area contributed by atoms with Gasteiger partial charge in [-0.2, -0.15) is 0 Å². The molecule has 0 aliphatic heterocycles. The highest BCUT2D eigenvalue weighted by molar-refractivity contribution is 6.10. The van der Waals surface area contributed by atoms with E-state index in [9.17, 15) is 14.7 Å². The molecule has 1 N–H and O–H groups in total. The Morgan fingerprint density at radius 3 is 2.36 bits per heavy atom. The van der Waals surface area contributed by atoms with Crippen LogP contribution in [0.4, 0.5) is 0 Å². The summed E-state index contributed by atoms with van der Waals surface area (Å²) in [5.41, 5.74) is 0.636. The first kappa shape index (κ1) is 20.0. The summed E-state index contributed by atoms with van der Waals surface area (Å²) in [6, 6.07) is 9.13. The van der Waals surface area contributed by atoms with Gasteiger partial charge in [0, 0.05) is 26.5 Å². The number of allylic oxidation sites excluding steroid dienone is 1. The zero-order chi connectivity index (χ0) is 18.8. The molecule has 0 saturated heterocycles. The highest BCUT2D eigenvalue weighted by atomic mass is 16.5. The molecule has 7 heteroatoms. The first-order chi connectivity index (χ1) is 11.8. The number of hydrogen-bond acceptors (Lipinski definition) is 7. The average Bonchev–Trinajstić information content (AvgIpc) is 2.58. The Morgan fingerprint density at radius 1 is 1.20 bits per heavy atom. The summed E-state index contributed by atoms with van der Waals surface area (Å²) in [4.78, 5) is 29.4. The van der Waals surface area contributed by atoms with E-state index in [1.165, 1.54) is 20.2 Å². The molecular formula is C18H22N2O5. The number of aliphatic imine (C=N–C) groups is 1. The van der Waals surface area contributed by atoms with Gasteiger partial charge in [0.25, 0.3) is 0 Å². The maximum atomic E-state index is 12.2. The average molecular weight is 346 g/mol. The third-order valence-electron chi connectivity index (χ3n) is 2.93. The monoisotopic (exact) mass is 346 g/mol. The number of hydrogen-bond donors (Lipinski definition) is 1. The maximum Gasteiger partial charge on any atom is 0.358 e. The largest absolute Gasteiger partial charge is 0.512 e. The second kappa shape index (κ2) is 9.92. The quantitative estimate of drug-likeness (QED) is 0.352. The van der Waals surface area contributed by atoms with Crippen LogP contribution in [-0.2, 0) is 25.7 Å². The van der Waals surface area contributed by atoms with Gasteiger partial charge >= 0.3 is 11.9 Å². The standard InChI is InChI=1S/C18H22N2O5/c1-13(21)15(10-19-16(11-20(2)3)18(23)24-4)17(22)25-12-14-8-6-5-7-9-14/h5-11,21H,12H2,1-4H3/b15-13-,16-11-,19-10-. The molecule has 0 aliphatic carbocycles. The van der Waals surface area contributed by atoms with Crippen molar-refractivity contribution in [1.29, 1.82) is 0 Å². The fraction of sp³-hybridized carbons (Fsp3) is 0.278. The molecule has 1 rings (SSSR count). The Bertz CT molecular complexity index is 687. The van der Waals surface area contributed by atoms with E-state index in [1.807, 2.05) is 30.3 Å². The van der Waals surface area contributed by atoms with Gasteiger partial charge in [-0.25, -0.2) is 14.6 Å². The van der Waals surface area contributed by atoms with Crippen molar-refractivity contribution in [3.63, 3.8) is 0 Å². The fourth-order valence-corrected chi connectivity index (χ4v) is 1.72. The molecule has 25 heavy (non-hydrogen) atoms. The van der Waals surface area contributed by atoms with Crippen molar-refractivity contribution in [3.05, 3.63) is 59.1 Å². The van der Waals surface area contributed by atoms with Crippen molar-refractivity contribution in [1.82, 2.24) is 4.90 Å². The van der Waals surface area contributed by atoms with Gasteiger partial charge in [-0.3, -0.25) is 0 Å². The van der Waals surface area contributed by atoms with E-state index >= 15 is 0 Å². The van der Waals surface area contributed by atoms with Crippen LogP contribution in [0.25, 0.3) is 0 Å². The predicted octanol–water partition coefficient (Wildman–Crippen LogP) is 2.21. The highest BCUT2D eigenvalue weighted by Gasteiger charge is 2.15. The summed E-state index contributed by atoms with van der Waals surface area (Å²) in [5, 5.41) is 9.71. The van der Waals surface area contributed by atoms with Gasteiger partial charge < -0.3 is 19.5 Å². The molecule has 0 radical (unpaired) electrons. The second-order valence-corrected chi connectivity index (χ2v) is 5.29. The van der Waals surface area contributed by atoms with Crippen LogP contribution >= 0.6 is 0 Å². The number of methoxy groups -OCH3 is 1. The lowest BCUT2D eigenvalue weighted by atomic mass is 10.2. The maximum absolute atomic E-state index is 12.2. The lowest BCUT2D eigenvalue weighted by Gasteiger charge is -2.08. The van der Waals surface area contributed by atoms with E-state index in [-0.39, 0.29) is 23.6 Å². The summed E-state index contributed by atoms with van der Waals surface area (Å²) in [7, 11) is 4.64. The molecule has 134 valence electrons. The van der Waals surface area contributed by atoms with E-state index < -0.39 is 11.9 Å². The number of nitrogens with zero attached hydrogens (tertiary/aromatic N) is 2. The molecule has 0 spiro atoms. The molecule has 0 heterocycles. The molecule has 0 fully saturated rings. The molecule has 0 unspecified atom stereocenters. The van der Waals surface area contributed by atoms with Gasteiger partial charge in [0.05, 0.1) is 7.11 Å². The molecular weight excluding hydrogens is 324 g/mol. The van der Waals surface area contributed by atoms with Crippen LogP contribution in [0.5, 0.6) is 0 Å². The SMILES string of the molecule is COC(=O)C(=C/N(C)C)/N=C\C(C(=O)OCc1ccccc1)=C(/C)O. The zero-order valence-corrected chi connectivity index (χ0v) is 14.7. The van der Waals surface area contributed by atoms with Crippen LogP contribution in [0.3, 0.4) is 0 Å². The van der Waals surface area contributed by atoms with Gasteiger partial charge in [0.1, 0.15) is 17.9 Å². The number of carbonyl (C=O) groups excluding carboxylic acids is 2. The molecule has 0 bridgehead atoms. The number of esters is 2. The Morgan fingerprint density at radius 2 is 1.84 bits per heavy atom. The van der Waals surface area contributed by atoms with Gasteiger partial charge in [0.2, 0.25) is 0 Å². The molecule has 0 aromatic heterocycles. The van der Waals surface area contributed by atoms with Crippen LogP contribution in [0.1, 0.15) is 12.5 Å². The topological polar surface area (TPSA) is 88.4 Å². The number of ether oxygens (including phenoxy) is 2. The summed E-state index contributed by atoms with van der Waals surface area (Å²) < 4.78 is 9.79. The van der Waals surface area contributed by atoms with Crippen molar-refractivity contribution >= 4 is 18.2 Å². The minimum absolute atomic E-state index is 0.0258. The molecule has 0 atom stereocenters. The first-order valence-corrected chi connectivity index (χ1v) is 7.46. The van der Waals surface area contributed by atoms with Gasteiger partial charge in [-0.05, 0) is 12.5 Å². The van der Waals surface area contributed by atoms with Crippen LogP contribution in [-0.4, -0.2) is 49.4 Å². The summed E-state index contributed by atoms with van der Waals surface area (Å²) in [6.07, 6.45) is 2.51. The number of carbonyl (C=O) groups is 2. The van der Waals surface area contributed by atoms with E-state index in [2.05, 4.69) is 9.73 Å². The second-order valence-electron chi connectivity index (χ2n) is 5.29. The van der Waals surface area contributed by atoms with Crippen LogP contribution in [0.2, 0.25) is 0 Å². The number of aliphatic hydroxyl groups is 1. The molecule has 1 aromatic carbocycles.